The Kier molecular flexibility index (Phi) is 5.99. The van der Waals surface area contributed by atoms with Crippen LogP contribution in [0.4, 0.5) is 5.69 Å². The second-order valence-corrected chi connectivity index (χ2v) is 8.18. The first kappa shape index (κ1) is 21.6. The van der Waals surface area contributed by atoms with Gasteiger partial charge in [0.25, 0.3) is 11.8 Å². The number of hydrogen-bond donors (Lipinski definition) is 2. The van der Waals surface area contributed by atoms with Gasteiger partial charge >= 0.3 is 5.69 Å². The van der Waals surface area contributed by atoms with E-state index in [9.17, 15) is 24.8 Å². The normalized spacial score (nSPS) is 19.6. The van der Waals surface area contributed by atoms with Crippen molar-refractivity contribution in [3.63, 3.8) is 0 Å². The predicted octanol–water partition coefficient (Wildman–Crippen LogP) is 1.53. The Morgan fingerprint density at radius 1 is 1.31 bits per heavy atom. The molecule has 2 N–H and O–H groups in total. The summed E-state index contributed by atoms with van der Waals surface area (Å²) in [6.07, 6.45) is 3.78. The number of aromatic nitrogens is 2. The van der Waals surface area contributed by atoms with E-state index in [1.54, 1.807) is 17.0 Å². The quantitative estimate of drug-likeness (QED) is 0.524. The standard InChI is InChI=1S/C21H23N5O6/c27-18-10-14(3-4-17(18)26(30)31)20(29)25-13-21(5-8-32-9-6-21)11-15(25)12-22-19(28)16-2-1-7-23-24-16/h1-4,7,10,15,27H,5-6,8-9,11-13H2,(H,22,28). The minimum absolute atomic E-state index is 0.112. The molecule has 0 bridgehead atoms. The second kappa shape index (κ2) is 8.87. The van der Waals surface area contributed by atoms with Crippen molar-refractivity contribution in [3.8, 4) is 5.75 Å². The average molecular weight is 441 g/mol. The molecule has 0 radical (unpaired) electrons. The lowest BCUT2D eigenvalue weighted by atomic mass is 9.78. The van der Waals surface area contributed by atoms with E-state index in [1.165, 1.54) is 12.3 Å². The molecule has 168 valence electrons. The highest BCUT2D eigenvalue weighted by Gasteiger charge is 2.46. The molecule has 2 aliphatic rings. The maximum atomic E-state index is 13.3. The summed E-state index contributed by atoms with van der Waals surface area (Å²) >= 11 is 0. The Morgan fingerprint density at radius 3 is 2.75 bits per heavy atom. The van der Waals surface area contributed by atoms with Crippen molar-refractivity contribution in [2.24, 2.45) is 5.41 Å². The van der Waals surface area contributed by atoms with Crippen molar-refractivity contribution >= 4 is 17.5 Å². The number of nitrogens with zero attached hydrogens (tertiary/aromatic N) is 4. The average Bonchev–Trinajstić information content (AvgIpc) is 3.15. The Hall–Kier alpha value is -3.60. The first-order chi connectivity index (χ1) is 15.4. The topological polar surface area (TPSA) is 148 Å². The summed E-state index contributed by atoms with van der Waals surface area (Å²) in [6.45, 7) is 1.93. The molecule has 2 fully saturated rings. The lowest BCUT2D eigenvalue weighted by Crippen LogP contribution is -2.43. The number of amides is 2. The molecule has 1 spiro atoms. The van der Waals surface area contributed by atoms with Gasteiger partial charge in [-0.2, -0.15) is 5.10 Å². The minimum atomic E-state index is -0.707. The van der Waals surface area contributed by atoms with Crippen molar-refractivity contribution < 1.29 is 24.4 Å². The molecule has 0 aliphatic carbocycles. The number of likely N-dealkylation sites (tertiary alicyclic amines) is 1. The van der Waals surface area contributed by atoms with Crippen LogP contribution in [-0.4, -0.2) is 69.3 Å². The molecule has 2 aromatic rings. The van der Waals surface area contributed by atoms with Crippen LogP contribution in [0.1, 0.15) is 40.1 Å². The van der Waals surface area contributed by atoms with Crippen molar-refractivity contribution in [1.29, 1.82) is 0 Å². The second-order valence-electron chi connectivity index (χ2n) is 8.18. The lowest BCUT2D eigenvalue weighted by Gasteiger charge is -2.33. The van der Waals surface area contributed by atoms with Gasteiger partial charge < -0.3 is 20.1 Å². The van der Waals surface area contributed by atoms with Crippen molar-refractivity contribution in [1.82, 2.24) is 20.4 Å². The number of ether oxygens (including phenoxy) is 1. The number of nitro groups is 1. The lowest BCUT2D eigenvalue weighted by molar-refractivity contribution is -0.385. The highest BCUT2D eigenvalue weighted by molar-refractivity contribution is 5.96. The molecular formula is C21H23N5O6. The van der Waals surface area contributed by atoms with E-state index < -0.39 is 16.4 Å². The van der Waals surface area contributed by atoms with Crippen LogP contribution in [0, 0.1) is 15.5 Å². The molecule has 1 atom stereocenters. The number of carbonyl (C=O) groups is 2. The molecule has 1 aromatic heterocycles. The third-order valence-electron chi connectivity index (χ3n) is 6.15. The number of aromatic hydroxyl groups is 1. The molecule has 1 aromatic carbocycles. The number of nitrogens with one attached hydrogen (secondary N) is 1. The third kappa shape index (κ3) is 4.37. The Balaban J connectivity index is 1.54. The molecule has 1 unspecified atom stereocenters. The van der Waals surface area contributed by atoms with Crippen LogP contribution in [-0.2, 0) is 4.74 Å². The summed E-state index contributed by atoms with van der Waals surface area (Å²) in [5.41, 5.74) is -0.234. The Bertz CT molecular complexity index is 1020. The summed E-state index contributed by atoms with van der Waals surface area (Å²) in [4.78, 5) is 37.7. The van der Waals surface area contributed by atoms with Gasteiger partial charge in [0.1, 0.15) is 0 Å². The number of nitro benzene ring substituents is 1. The van der Waals surface area contributed by atoms with Crippen molar-refractivity contribution in [2.75, 3.05) is 26.3 Å². The maximum absolute atomic E-state index is 13.3. The van der Waals surface area contributed by atoms with Crippen LogP contribution in [0.25, 0.3) is 0 Å². The number of benzene rings is 1. The van der Waals surface area contributed by atoms with Crippen LogP contribution >= 0.6 is 0 Å². The maximum Gasteiger partial charge on any atom is 0.310 e. The number of hydrogen-bond acceptors (Lipinski definition) is 8. The summed E-state index contributed by atoms with van der Waals surface area (Å²) in [5.74, 6) is -1.29. The SMILES string of the molecule is O=C(NCC1CC2(CCOCC2)CN1C(=O)c1ccc([N+](=O)[O-])c(O)c1)c1cccnn1. The summed E-state index contributed by atoms with van der Waals surface area (Å²) in [7, 11) is 0. The monoisotopic (exact) mass is 441 g/mol. The fraction of sp³-hybridized carbons (Fsp3) is 0.429. The zero-order valence-corrected chi connectivity index (χ0v) is 17.3. The van der Waals surface area contributed by atoms with Crippen LogP contribution in [0.5, 0.6) is 5.75 Å². The Labute approximate surface area is 183 Å². The largest absolute Gasteiger partial charge is 0.502 e. The van der Waals surface area contributed by atoms with E-state index >= 15 is 0 Å². The van der Waals surface area contributed by atoms with Crippen LogP contribution < -0.4 is 5.32 Å². The molecule has 11 nitrogen and oxygen atoms in total. The fourth-order valence-electron chi connectivity index (χ4n) is 4.45. The van der Waals surface area contributed by atoms with Gasteiger partial charge in [0.2, 0.25) is 0 Å². The van der Waals surface area contributed by atoms with Crippen LogP contribution in [0.15, 0.2) is 36.5 Å². The van der Waals surface area contributed by atoms with Gasteiger partial charge in [-0.1, -0.05) is 0 Å². The van der Waals surface area contributed by atoms with E-state index in [0.717, 1.165) is 25.0 Å². The fourth-order valence-corrected chi connectivity index (χ4v) is 4.45. The van der Waals surface area contributed by atoms with Gasteiger partial charge in [0, 0.05) is 50.2 Å². The van der Waals surface area contributed by atoms with E-state index in [4.69, 9.17) is 4.74 Å². The minimum Gasteiger partial charge on any atom is -0.502 e. The number of rotatable bonds is 5. The number of phenolic OH excluding ortho intramolecular Hbond substituents is 1. The van der Waals surface area contributed by atoms with Gasteiger partial charge in [-0.15, -0.1) is 5.10 Å². The number of phenols is 1. The first-order valence-corrected chi connectivity index (χ1v) is 10.3. The molecule has 11 heteroatoms. The molecular weight excluding hydrogens is 418 g/mol. The summed E-state index contributed by atoms with van der Waals surface area (Å²) in [5, 5.41) is 31.3. The highest BCUT2D eigenvalue weighted by Crippen LogP contribution is 2.43. The first-order valence-electron chi connectivity index (χ1n) is 10.3. The van der Waals surface area contributed by atoms with Crippen LogP contribution in [0.2, 0.25) is 0 Å². The summed E-state index contributed by atoms with van der Waals surface area (Å²) in [6, 6.07) is 6.46. The number of carbonyl (C=O) groups excluding carboxylic acids is 2. The molecule has 32 heavy (non-hydrogen) atoms. The Morgan fingerprint density at radius 2 is 2.09 bits per heavy atom. The molecule has 0 saturated carbocycles. The van der Waals surface area contributed by atoms with Gasteiger partial charge in [-0.25, -0.2) is 0 Å². The van der Waals surface area contributed by atoms with Gasteiger partial charge in [-0.3, -0.25) is 19.7 Å². The van der Waals surface area contributed by atoms with E-state index in [-0.39, 0.29) is 41.1 Å². The van der Waals surface area contributed by atoms with E-state index in [2.05, 4.69) is 15.5 Å². The van der Waals surface area contributed by atoms with Crippen molar-refractivity contribution in [3.05, 3.63) is 57.9 Å². The van der Waals surface area contributed by atoms with Gasteiger partial charge in [-0.05, 0) is 48.9 Å². The molecule has 2 saturated heterocycles. The zero-order valence-electron chi connectivity index (χ0n) is 17.3. The molecule has 2 aliphatic heterocycles. The zero-order chi connectivity index (χ0) is 22.7. The van der Waals surface area contributed by atoms with Gasteiger partial charge in [0.05, 0.1) is 4.92 Å². The van der Waals surface area contributed by atoms with Crippen molar-refractivity contribution in [2.45, 2.75) is 25.3 Å². The third-order valence-corrected chi connectivity index (χ3v) is 6.15. The smallest absolute Gasteiger partial charge is 0.310 e. The van der Waals surface area contributed by atoms with E-state index in [1.807, 2.05) is 0 Å². The van der Waals surface area contributed by atoms with Crippen LogP contribution in [0.3, 0.4) is 0 Å². The summed E-state index contributed by atoms with van der Waals surface area (Å²) < 4.78 is 5.49. The highest BCUT2D eigenvalue weighted by atomic mass is 16.6. The molecule has 3 heterocycles. The van der Waals surface area contributed by atoms with Gasteiger partial charge in [0.15, 0.2) is 11.4 Å². The predicted molar refractivity (Wildman–Crippen MR) is 111 cm³/mol. The van der Waals surface area contributed by atoms with E-state index in [0.29, 0.717) is 26.2 Å². The molecule has 2 amide bonds. The molecule has 4 rings (SSSR count).